The Bertz CT molecular complexity index is 2910. The lowest BCUT2D eigenvalue weighted by atomic mass is 9.82. The zero-order chi connectivity index (χ0) is 34.9. The van der Waals surface area contributed by atoms with Gasteiger partial charge in [0.25, 0.3) is 0 Å². The fourth-order valence-corrected chi connectivity index (χ4v) is 8.83. The van der Waals surface area contributed by atoms with Gasteiger partial charge in [-0.2, -0.15) is 0 Å². The quantitative estimate of drug-likeness (QED) is 0.159. The number of para-hydroxylation sites is 2. The molecule has 53 heavy (non-hydrogen) atoms. The Hall–Kier alpha value is -6.96. The predicted octanol–water partition coefficient (Wildman–Crippen LogP) is 14.7. The third kappa shape index (κ3) is 4.58. The van der Waals surface area contributed by atoms with E-state index in [0.717, 1.165) is 17.1 Å². The van der Waals surface area contributed by atoms with E-state index >= 15 is 0 Å². The molecule has 0 amide bonds. The van der Waals surface area contributed by atoms with E-state index in [4.69, 9.17) is 0 Å². The number of benzene rings is 10. The number of fused-ring (bicyclic) bond motifs is 3. The van der Waals surface area contributed by atoms with E-state index in [-0.39, 0.29) is 0 Å². The minimum absolute atomic E-state index is 1.13. The average molecular weight is 672 g/mol. The van der Waals surface area contributed by atoms with E-state index in [2.05, 4.69) is 205 Å². The molecule has 1 nitrogen and oxygen atoms in total. The van der Waals surface area contributed by atoms with Crippen molar-refractivity contribution in [2.24, 2.45) is 0 Å². The summed E-state index contributed by atoms with van der Waals surface area (Å²) < 4.78 is 0. The van der Waals surface area contributed by atoms with Crippen LogP contribution in [-0.4, -0.2) is 0 Å². The zero-order valence-corrected chi connectivity index (χ0v) is 29.0. The molecule has 0 saturated carbocycles. The molecule has 0 aliphatic heterocycles. The molecular formula is C52H33N. The van der Waals surface area contributed by atoms with Crippen molar-refractivity contribution >= 4 is 49.4 Å². The van der Waals surface area contributed by atoms with Gasteiger partial charge < -0.3 is 4.90 Å². The normalized spacial score (nSPS) is 11.8. The van der Waals surface area contributed by atoms with Crippen molar-refractivity contribution in [1.29, 1.82) is 0 Å². The molecule has 1 heteroatoms. The van der Waals surface area contributed by atoms with Gasteiger partial charge in [0.05, 0.1) is 0 Å². The molecule has 0 N–H and O–H groups in total. The number of anilines is 3. The van der Waals surface area contributed by atoms with Crippen molar-refractivity contribution in [2.45, 2.75) is 0 Å². The van der Waals surface area contributed by atoms with Crippen molar-refractivity contribution in [1.82, 2.24) is 0 Å². The maximum absolute atomic E-state index is 2.50. The fraction of sp³-hybridized carbons (Fsp3) is 0. The van der Waals surface area contributed by atoms with Gasteiger partial charge >= 0.3 is 0 Å². The lowest BCUT2D eigenvalue weighted by molar-refractivity contribution is 1.28. The second kappa shape index (κ2) is 11.8. The van der Waals surface area contributed by atoms with E-state index in [1.54, 1.807) is 0 Å². The third-order valence-electron chi connectivity index (χ3n) is 11.1. The van der Waals surface area contributed by atoms with Gasteiger partial charge in [-0.05, 0) is 143 Å². The van der Waals surface area contributed by atoms with Gasteiger partial charge in [-0.25, -0.2) is 0 Å². The maximum atomic E-state index is 2.50. The van der Waals surface area contributed by atoms with Crippen molar-refractivity contribution in [2.75, 3.05) is 4.90 Å². The molecule has 10 aromatic rings. The van der Waals surface area contributed by atoms with Crippen LogP contribution in [-0.2, 0) is 0 Å². The van der Waals surface area contributed by atoms with Gasteiger partial charge in [0.15, 0.2) is 0 Å². The summed E-state index contributed by atoms with van der Waals surface area (Å²) in [7, 11) is 0. The lowest BCUT2D eigenvalue weighted by Crippen LogP contribution is -2.09. The summed E-state index contributed by atoms with van der Waals surface area (Å²) in [6, 6.07) is 73.3. The van der Waals surface area contributed by atoms with E-state index in [0.29, 0.717) is 0 Å². The van der Waals surface area contributed by atoms with Crippen LogP contribution >= 0.6 is 0 Å². The van der Waals surface area contributed by atoms with Crippen molar-refractivity contribution in [3.63, 3.8) is 0 Å². The molecule has 1 aliphatic carbocycles. The predicted molar refractivity (Wildman–Crippen MR) is 226 cm³/mol. The second-order valence-electron chi connectivity index (χ2n) is 14.0. The van der Waals surface area contributed by atoms with E-state index < -0.39 is 0 Å². The summed E-state index contributed by atoms with van der Waals surface area (Å²) in [4.78, 5) is 2.37. The lowest BCUT2D eigenvalue weighted by Gasteiger charge is -2.26. The number of hydrogen-bond donors (Lipinski definition) is 0. The minimum atomic E-state index is 1.13. The molecule has 0 radical (unpaired) electrons. The molecule has 0 aromatic heterocycles. The smallest absolute Gasteiger partial charge is 0.0468 e. The zero-order valence-electron chi connectivity index (χ0n) is 29.0. The molecule has 246 valence electrons. The number of nitrogens with zero attached hydrogens (tertiary/aromatic N) is 1. The van der Waals surface area contributed by atoms with Crippen LogP contribution in [0, 0.1) is 0 Å². The van der Waals surface area contributed by atoms with Gasteiger partial charge in [0.2, 0.25) is 0 Å². The van der Waals surface area contributed by atoms with Crippen LogP contribution in [0.15, 0.2) is 200 Å². The number of rotatable bonds is 6. The third-order valence-corrected chi connectivity index (χ3v) is 11.1. The highest BCUT2D eigenvalue weighted by molar-refractivity contribution is 6.36. The van der Waals surface area contributed by atoms with E-state index in [1.165, 1.54) is 88.0 Å². The molecule has 0 fully saturated rings. The van der Waals surface area contributed by atoms with Gasteiger partial charge in [-0.1, -0.05) is 146 Å². The largest absolute Gasteiger partial charge is 0.310 e. The van der Waals surface area contributed by atoms with Gasteiger partial charge in [0.1, 0.15) is 0 Å². The van der Waals surface area contributed by atoms with Crippen molar-refractivity contribution in [3.8, 4) is 55.6 Å². The topological polar surface area (TPSA) is 3.24 Å². The van der Waals surface area contributed by atoms with Crippen LogP contribution in [0.25, 0.3) is 88.0 Å². The van der Waals surface area contributed by atoms with Crippen LogP contribution in [0.2, 0.25) is 0 Å². The van der Waals surface area contributed by atoms with E-state index in [1.807, 2.05) is 0 Å². The Morgan fingerprint density at radius 1 is 0.226 bits per heavy atom. The van der Waals surface area contributed by atoms with Crippen LogP contribution in [0.4, 0.5) is 17.1 Å². The summed E-state index contributed by atoms with van der Waals surface area (Å²) >= 11 is 0. The Balaban J connectivity index is 1.27. The van der Waals surface area contributed by atoms with Crippen molar-refractivity contribution in [3.05, 3.63) is 200 Å². The molecular weight excluding hydrogens is 639 g/mol. The van der Waals surface area contributed by atoms with Gasteiger partial charge in [-0.3, -0.25) is 0 Å². The molecule has 0 bridgehead atoms. The Morgan fingerprint density at radius 3 is 1.19 bits per heavy atom. The first-order valence-corrected chi connectivity index (χ1v) is 18.4. The van der Waals surface area contributed by atoms with Crippen LogP contribution < -0.4 is 4.90 Å². The number of hydrogen-bond acceptors (Lipinski definition) is 1. The molecule has 1 aliphatic rings. The first kappa shape index (κ1) is 29.7. The monoisotopic (exact) mass is 671 g/mol. The van der Waals surface area contributed by atoms with Gasteiger partial charge in [0, 0.05) is 17.1 Å². The molecule has 0 saturated heterocycles. The molecule has 11 rings (SSSR count). The Labute approximate surface area is 309 Å². The second-order valence-corrected chi connectivity index (χ2v) is 14.0. The summed E-state index contributed by atoms with van der Waals surface area (Å²) in [5.41, 5.74) is 16.1. The fourth-order valence-electron chi connectivity index (χ4n) is 8.83. The van der Waals surface area contributed by atoms with Gasteiger partial charge in [-0.15, -0.1) is 0 Å². The molecule has 0 spiro atoms. The molecule has 10 aromatic carbocycles. The van der Waals surface area contributed by atoms with Crippen LogP contribution in [0.1, 0.15) is 0 Å². The SMILES string of the molecule is c1ccc(-c2cc(-c3ccccc3)c3cc4c5c(cc(-c6ccccc6)c6ccc2c3c65)-c2ccc(N(c3ccccc3)c3ccccc3)cc2-4)cc1. The minimum Gasteiger partial charge on any atom is -0.310 e. The average Bonchev–Trinajstić information content (AvgIpc) is 3.55. The molecule has 0 heterocycles. The Morgan fingerprint density at radius 2 is 0.660 bits per heavy atom. The molecule has 0 atom stereocenters. The van der Waals surface area contributed by atoms with E-state index in [9.17, 15) is 0 Å². The summed E-state index contributed by atoms with van der Waals surface area (Å²) in [6.45, 7) is 0. The highest BCUT2D eigenvalue weighted by Crippen LogP contribution is 2.56. The van der Waals surface area contributed by atoms with Crippen molar-refractivity contribution < 1.29 is 0 Å². The Kier molecular flexibility index (Phi) is 6.62. The van der Waals surface area contributed by atoms with Crippen LogP contribution in [0.3, 0.4) is 0 Å². The summed E-state index contributed by atoms with van der Waals surface area (Å²) in [5, 5.41) is 7.90. The highest BCUT2D eigenvalue weighted by atomic mass is 15.1. The summed E-state index contributed by atoms with van der Waals surface area (Å²) in [5.74, 6) is 0. The van der Waals surface area contributed by atoms with Crippen LogP contribution in [0.5, 0.6) is 0 Å². The maximum Gasteiger partial charge on any atom is 0.0468 e. The first-order chi connectivity index (χ1) is 26.3. The standard InChI is InChI=1S/C52H33N/c1-6-16-34(17-7-1)43-31-45(36-20-10-3-11-21-36)48-33-49-46-30-39(53(37-22-12-4-13-23-37)38-24-14-5-15-25-38)26-27-40(46)47-32-44(35-18-8-2-9-19-35)42-29-28-41(43)50(48)52(42)51(47)49/h1-33H. The first-order valence-electron chi connectivity index (χ1n) is 18.4. The summed E-state index contributed by atoms with van der Waals surface area (Å²) in [6.07, 6.45) is 0. The highest BCUT2D eigenvalue weighted by Gasteiger charge is 2.29. The molecule has 0 unspecified atom stereocenters.